The van der Waals surface area contributed by atoms with Crippen molar-refractivity contribution in [2.24, 2.45) is 0 Å². The average Bonchev–Trinajstić information content (AvgIpc) is 2.65. The number of benzene rings is 2. The van der Waals surface area contributed by atoms with Gasteiger partial charge in [-0.15, -0.1) is 0 Å². The molecular formula is C20H23N4O3+. The van der Waals surface area contributed by atoms with Crippen LogP contribution in [0.4, 0.5) is 0 Å². The quantitative estimate of drug-likeness (QED) is 0.557. The highest BCUT2D eigenvalue weighted by molar-refractivity contribution is 5.81. The van der Waals surface area contributed by atoms with E-state index in [0.717, 1.165) is 22.4 Å². The first kappa shape index (κ1) is 18.6. The molecule has 0 aliphatic carbocycles. The van der Waals surface area contributed by atoms with E-state index in [1.54, 1.807) is 24.3 Å². The van der Waals surface area contributed by atoms with Crippen LogP contribution in [-0.4, -0.2) is 29.8 Å². The molecule has 0 saturated carbocycles. The Hall–Kier alpha value is -3.19. The summed E-state index contributed by atoms with van der Waals surface area (Å²) in [5.74, 6) is -0.338. The molecule has 3 rings (SSSR count). The van der Waals surface area contributed by atoms with E-state index in [2.05, 4.69) is 24.5 Å². The molecule has 7 nitrogen and oxygen atoms in total. The minimum Gasteiger partial charge on any atom is -0.350 e. The van der Waals surface area contributed by atoms with Crippen LogP contribution in [0.1, 0.15) is 11.1 Å². The second-order valence-electron chi connectivity index (χ2n) is 6.81. The van der Waals surface area contributed by atoms with Crippen LogP contribution in [0.5, 0.6) is 0 Å². The molecule has 1 amide bonds. The predicted octanol–water partition coefficient (Wildman–Crippen LogP) is -0.349. The Balaban J connectivity index is 1.74. The first-order valence-corrected chi connectivity index (χ1v) is 8.80. The standard InChI is InChI=1S/C20H22N4O3/c1-23(2)12-15-8-4-3-7-14(15)11-21-18(25)13-24-20(27)17-10-6-5-9-16(17)19(26)22-24/h3-10H,11-13H2,1-2H3,(H,21,25)(H,22,26)/p+1. The minimum absolute atomic E-state index is 0.236. The molecule has 7 heteroatoms. The van der Waals surface area contributed by atoms with E-state index in [1.165, 1.54) is 4.90 Å². The Labute approximate surface area is 156 Å². The van der Waals surface area contributed by atoms with Crippen LogP contribution < -0.4 is 21.3 Å². The number of carbonyl (C=O) groups is 1. The lowest BCUT2D eigenvalue weighted by atomic mass is 10.1. The fourth-order valence-electron chi connectivity index (χ4n) is 3.03. The average molecular weight is 367 g/mol. The van der Waals surface area contributed by atoms with Crippen LogP contribution in [0.3, 0.4) is 0 Å². The number of amides is 1. The number of aromatic amines is 1. The van der Waals surface area contributed by atoms with Crippen molar-refractivity contribution in [1.82, 2.24) is 15.1 Å². The van der Waals surface area contributed by atoms with Crippen LogP contribution >= 0.6 is 0 Å². The summed E-state index contributed by atoms with van der Waals surface area (Å²) in [4.78, 5) is 38.2. The summed E-state index contributed by atoms with van der Waals surface area (Å²) in [6.45, 7) is 0.984. The molecule has 2 aromatic carbocycles. The van der Waals surface area contributed by atoms with Crippen molar-refractivity contribution in [1.29, 1.82) is 0 Å². The van der Waals surface area contributed by atoms with Gasteiger partial charge in [-0.2, -0.15) is 0 Å². The molecule has 0 atom stereocenters. The van der Waals surface area contributed by atoms with E-state index in [0.29, 0.717) is 17.3 Å². The third-order valence-corrected chi connectivity index (χ3v) is 4.32. The van der Waals surface area contributed by atoms with Crippen molar-refractivity contribution in [3.63, 3.8) is 0 Å². The van der Waals surface area contributed by atoms with Crippen LogP contribution in [0.15, 0.2) is 58.1 Å². The molecule has 0 aliphatic rings. The maximum atomic E-state index is 12.5. The first-order chi connectivity index (χ1) is 13.0. The molecule has 0 unspecified atom stereocenters. The minimum atomic E-state index is -0.392. The summed E-state index contributed by atoms with van der Waals surface area (Å²) in [5.41, 5.74) is 1.41. The Morgan fingerprint density at radius 2 is 1.63 bits per heavy atom. The second kappa shape index (κ2) is 8.01. The van der Waals surface area contributed by atoms with Crippen LogP contribution in [-0.2, 0) is 24.4 Å². The lowest BCUT2D eigenvalue weighted by Gasteiger charge is -2.13. The number of aromatic nitrogens is 2. The molecule has 0 aliphatic heterocycles. The highest BCUT2D eigenvalue weighted by atomic mass is 16.2. The topological polar surface area (TPSA) is 88.4 Å². The lowest BCUT2D eigenvalue weighted by Crippen LogP contribution is -3.04. The van der Waals surface area contributed by atoms with Gasteiger partial charge in [0.15, 0.2) is 0 Å². The van der Waals surface area contributed by atoms with Gasteiger partial charge in [0.2, 0.25) is 5.91 Å². The first-order valence-electron chi connectivity index (χ1n) is 8.80. The van der Waals surface area contributed by atoms with Gasteiger partial charge < -0.3 is 10.2 Å². The van der Waals surface area contributed by atoms with Crippen molar-refractivity contribution in [2.75, 3.05) is 14.1 Å². The lowest BCUT2D eigenvalue weighted by molar-refractivity contribution is -0.872. The number of carbonyl (C=O) groups excluding carboxylic acids is 1. The van der Waals surface area contributed by atoms with Crippen molar-refractivity contribution in [3.8, 4) is 0 Å². The van der Waals surface area contributed by atoms with Gasteiger partial charge >= 0.3 is 0 Å². The molecule has 0 radical (unpaired) electrons. The highest BCUT2D eigenvalue weighted by Gasteiger charge is 2.11. The predicted molar refractivity (Wildman–Crippen MR) is 104 cm³/mol. The number of hydrogen-bond acceptors (Lipinski definition) is 3. The van der Waals surface area contributed by atoms with Gasteiger partial charge in [-0.25, -0.2) is 4.68 Å². The number of quaternary nitrogens is 1. The number of fused-ring (bicyclic) bond motifs is 1. The van der Waals surface area contributed by atoms with Gasteiger partial charge in [-0.1, -0.05) is 36.4 Å². The Morgan fingerprint density at radius 3 is 2.33 bits per heavy atom. The summed E-state index contributed by atoms with van der Waals surface area (Å²) in [6, 6.07) is 14.5. The molecule has 27 heavy (non-hydrogen) atoms. The van der Waals surface area contributed by atoms with Gasteiger partial charge in [0.25, 0.3) is 11.1 Å². The van der Waals surface area contributed by atoms with Gasteiger partial charge in [0, 0.05) is 12.1 Å². The molecule has 0 bridgehead atoms. The summed E-state index contributed by atoms with van der Waals surface area (Å²) >= 11 is 0. The molecule has 0 spiro atoms. The Kier molecular flexibility index (Phi) is 5.52. The molecular weight excluding hydrogens is 344 g/mol. The van der Waals surface area contributed by atoms with Crippen LogP contribution in [0.2, 0.25) is 0 Å². The normalized spacial score (nSPS) is 11.1. The maximum absolute atomic E-state index is 12.5. The zero-order chi connectivity index (χ0) is 19.4. The molecule has 0 fully saturated rings. The molecule has 3 aromatic rings. The number of nitrogens with zero attached hydrogens (tertiary/aromatic N) is 1. The van der Waals surface area contributed by atoms with Gasteiger partial charge in [0.1, 0.15) is 13.1 Å². The van der Waals surface area contributed by atoms with E-state index < -0.39 is 11.1 Å². The number of nitrogens with one attached hydrogen (secondary N) is 3. The molecule has 3 N–H and O–H groups in total. The summed E-state index contributed by atoms with van der Waals surface area (Å²) in [6.07, 6.45) is 0. The maximum Gasteiger partial charge on any atom is 0.273 e. The van der Waals surface area contributed by atoms with Crippen LogP contribution in [0.25, 0.3) is 10.8 Å². The molecule has 1 aromatic heterocycles. The molecule has 140 valence electrons. The van der Waals surface area contributed by atoms with E-state index in [1.807, 2.05) is 24.3 Å². The SMILES string of the molecule is C[NH+](C)Cc1ccccc1CNC(=O)Cn1[nH]c(=O)c2ccccc2c1=O. The molecule has 0 saturated heterocycles. The number of hydrogen-bond donors (Lipinski definition) is 3. The van der Waals surface area contributed by atoms with E-state index >= 15 is 0 Å². The zero-order valence-electron chi connectivity index (χ0n) is 15.4. The third kappa shape index (κ3) is 4.32. The largest absolute Gasteiger partial charge is 0.350 e. The van der Waals surface area contributed by atoms with Crippen molar-refractivity contribution in [3.05, 3.63) is 80.4 Å². The fourth-order valence-corrected chi connectivity index (χ4v) is 3.03. The van der Waals surface area contributed by atoms with Gasteiger partial charge in [0.05, 0.1) is 24.9 Å². The van der Waals surface area contributed by atoms with Gasteiger partial charge in [-0.05, 0) is 17.7 Å². The highest BCUT2D eigenvalue weighted by Crippen LogP contribution is 2.07. The van der Waals surface area contributed by atoms with Crippen molar-refractivity contribution in [2.45, 2.75) is 19.6 Å². The molecule has 1 heterocycles. The smallest absolute Gasteiger partial charge is 0.273 e. The summed E-state index contributed by atoms with van der Waals surface area (Å²) < 4.78 is 1.05. The van der Waals surface area contributed by atoms with Crippen molar-refractivity contribution < 1.29 is 9.69 Å². The second-order valence-corrected chi connectivity index (χ2v) is 6.81. The van der Waals surface area contributed by atoms with Crippen LogP contribution in [0, 0.1) is 0 Å². The third-order valence-electron chi connectivity index (χ3n) is 4.32. The monoisotopic (exact) mass is 367 g/mol. The fraction of sp³-hybridized carbons (Fsp3) is 0.250. The Bertz CT molecular complexity index is 1080. The summed E-state index contributed by atoms with van der Waals surface area (Å²) in [5, 5.41) is 5.91. The van der Waals surface area contributed by atoms with E-state index in [-0.39, 0.29) is 12.5 Å². The zero-order valence-corrected chi connectivity index (χ0v) is 15.4. The number of rotatable bonds is 6. The summed E-state index contributed by atoms with van der Waals surface area (Å²) in [7, 11) is 4.13. The van der Waals surface area contributed by atoms with Crippen molar-refractivity contribution >= 4 is 16.7 Å². The number of H-pyrrole nitrogens is 1. The van der Waals surface area contributed by atoms with E-state index in [4.69, 9.17) is 0 Å². The van der Waals surface area contributed by atoms with Gasteiger partial charge in [-0.3, -0.25) is 19.5 Å². The van der Waals surface area contributed by atoms with E-state index in [9.17, 15) is 14.4 Å². The Morgan fingerprint density at radius 1 is 1.00 bits per heavy atom.